The van der Waals surface area contributed by atoms with Gasteiger partial charge in [-0.1, -0.05) is 0 Å². The van der Waals surface area contributed by atoms with Gasteiger partial charge in [0.15, 0.2) is 5.78 Å². The van der Waals surface area contributed by atoms with E-state index < -0.39 is 0 Å². The predicted octanol–water partition coefficient (Wildman–Crippen LogP) is 0.574. The lowest BCUT2D eigenvalue weighted by Gasteiger charge is -1.85. The summed E-state index contributed by atoms with van der Waals surface area (Å²) in [6.07, 6.45) is 2.63. The van der Waals surface area contributed by atoms with E-state index in [2.05, 4.69) is 16.8 Å². The molecule has 3 heteroatoms. The van der Waals surface area contributed by atoms with Gasteiger partial charge in [-0.3, -0.25) is 4.79 Å². The van der Waals surface area contributed by atoms with Crippen molar-refractivity contribution in [2.75, 3.05) is 0 Å². The van der Waals surface area contributed by atoms with Crippen molar-refractivity contribution in [3.05, 3.63) is 18.8 Å². The number of carbonyl (C=O) groups excluding carboxylic acids is 1. The first-order valence-electron chi connectivity index (χ1n) is 1.76. The van der Waals surface area contributed by atoms with Gasteiger partial charge in [-0.05, 0) is 0 Å². The first-order valence-corrected chi connectivity index (χ1v) is 1.76. The van der Waals surface area contributed by atoms with Crippen molar-refractivity contribution in [1.29, 1.82) is 0 Å². The van der Waals surface area contributed by atoms with E-state index in [0.717, 1.165) is 0 Å². The van der Waals surface area contributed by atoms with Crippen LogP contribution >= 0.6 is 0 Å². The van der Waals surface area contributed by atoms with Crippen LogP contribution in [0.5, 0.6) is 0 Å². The molecular formula is C4H2N2O. The molecule has 0 atom stereocenters. The lowest BCUT2D eigenvalue weighted by atomic mass is 10.4. The van der Waals surface area contributed by atoms with Crippen LogP contribution in [-0.4, -0.2) is 5.78 Å². The molecule has 34 valence electrons. The summed E-state index contributed by atoms with van der Waals surface area (Å²) in [5, 5.41) is 6.54. The van der Waals surface area contributed by atoms with Crippen molar-refractivity contribution in [2.24, 2.45) is 10.2 Å². The molecule has 3 nitrogen and oxygen atoms in total. The monoisotopic (exact) mass is 94.0 g/mol. The largest absolute Gasteiger partial charge is 0.292 e. The Bertz CT molecular complexity index is 137. The maximum Gasteiger partial charge on any atom is 0.218 e. The highest BCUT2D eigenvalue weighted by Gasteiger charge is 1.97. The fourth-order valence-corrected chi connectivity index (χ4v) is 0.250. The van der Waals surface area contributed by atoms with Crippen LogP contribution in [-0.2, 0) is 4.79 Å². The Morgan fingerprint density at radius 1 is 1.71 bits per heavy atom. The number of carbonyl (C=O) groups is 1. The molecule has 1 aliphatic rings. The van der Waals surface area contributed by atoms with Gasteiger partial charge in [-0.15, -0.1) is 0 Å². The number of azo groups is 1. The summed E-state index contributed by atoms with van der Waals surface area (Å²) in [6.45, 7) is 2.11. The highest BCUT2D eigenvalue weighted by Crippen LogP contribution is 1.93. The van der Waals surface area contributed by atoms with Crippen molar-refractivity contribution < 1.29 is 4.79 Å². The molecule has 0 amide bonds. The quantitative estimate of drug-likeness (QED) is 0.432. The highest BCUT2D eigenvalue weighted by atomic mass is 16.1. The topological polar surface area (TPSA) is 41.8 Å². The summed E-state index contributed by atoms with van der Waals surface area (Å²) in [7, 11) is 0. The Kier molecular flexibility index (Phi) is 0.978. The predicted molar refractivity (Wildman–Crippen MR) is 22.2 cm³/mol. The Morgan fingerprint density at radius 3 is 2.86 bits per heavy atom. The molecule has 0 aliphatic carbocycles. The molecule has 0 bridgehead atoms. The van der Waals surface area contributed by atoms with Crippen LogP contribution < -0.4 is 0 Å². The van der Waals surface area contributed by atoms with Gasteiger partial charge in [0.25, 0.3) is 0 Å². The lowest BCUT2D eigenvalue weighted by molar-refractivity contribution is -0.111. The Labute approximate surface area is 40.7 Å². The number of hydrogen-bond donors (Lipinski definition) is 0. The van der Waals surface area contributed by atoms with E-state index in [1.807, 2.05) is 0 Å². The van der Waals surface area contributed by atoms with Crippen LogP contribution in [0.2, 0.25) is 0 Å². The molecule has 0 aromatic heterocycles. The molecule has 0 aromatic rings. The number of hydrogen-bond acceptors (Lipinski definition) is 3. The van der Waals surface area contributed by atoms with Gasteiger partial charge in [0.2, 0.25) is 6.54 Å². The Hall–Kier alpha value is -0.990. The van der Waals surface area contributed by atoms with E-state index in [1.54, 1.807) is 0 Å². The van der Waals surface area contributed by atoms with Crippen molar-refractivity contribution in [2.45, 2.75) is 0 Å². The normalized spacial score (nSPS) is 18.0. The molecule has 0 aromatic carbocycles. The Balaban J connectivity index is 2.66. The van der Waals surface area contributed by atoms with Gasteiger partial charge in [0.1, 0.15) is 0 Å². The first-order chi connectivity index (χ1) is 3.39. The molecule has 1 rings (SSSR count). The fourth-order valence-electron chi connectivity index (χ4n) is 0.250. The minimum Gasteiger partial charge on any atom is -0.292 e. The average molecular weight is 94.1 g/mol. The van der Waals surface area contributed by atoms with Crippen LogP contribution in [0, 0.1) is 6.54 Å². The molecule has 0 N–H and O–H groups in total. The Morgan fingerprint density at radius 2 is 2.57 bits per heavy atom. The summed E-state index contributed by atoms with van der Waals surface area (Å²) >= 11 is 0. The van der Waals surface area contributed by atoms with Gasteiger partial charge in [0.05, 0.1) is 6.20 Å². The summed E-state index contributed by atoms with van der Waals surface area (Å²) in [6, 6.07) is 0. The van der Waals surface area contributed by atoms with E-state index in [9.17, 15) is 4.79 Å². The summed E-state index contributed by atoms with van der Waals surface area (Å²) in [5.41, 5.74) is 0. The first kappa shape index (κ1) is 4.18. The van der Waals surface area contributed by atoms with Gasteiger partial charge in [-0.25, -0.2) is 0 Å². The molecular weight excluding hydrogens is 92.1 g/mol. The van der Waals surface area contributed by atoms with Crippen LogP contribution in [0.1, 0.15) is 0 Å². The number of nitrogens with zero attached hydrogens (tertiary/aromatic N) is 2. The lowest BCUT2D eigenvalue weighted by Crippen LogP contribution is -1.91. The third-order valence-electron chi connectivity index (χ3n) is 0.511. The molecule has 0 saturated carbocycles. The standard InChI is InChI=1S/C4H2N2O/c7-4-1-2-5-6-3-4/h1-2H. The average Bonchev–Trinajstić information content (AvgIpc) is 1.69. The minimum absolute atomic E-state index is 0.227. The zero-order valence-corrected chi connectivity index (χ0v) is 3.46. The molecule has 2 radical (unpaired) electrons. The molecule has 1 heterocycles. The van der Waals surface area contributed by atoms with Crippen LogP contribution in [0.3, 0.4) is 0 Å². The molecule has 0 unspecified atom stereocenters. The van der Waals surface area contributed by atoms with Crippen molar-refractivity contribution in [3.63, 3.8) is 0 Å². The smallest absolute Gasteiger partial charge is 0.218 e. The molecule has 7 heavy (non-hydrogen) atoms. The maximum atomic E-state index is 10.1. The van der Waals surface area contributed by atoms with Gasteiger partial charge >= 0.3 is 0 Å². The summed E-state index contributed by atoms with van der Waals surface area (Å²) in [5.74, 6) is -0.227. The van der Waals surface area contributed by atoms with E-state index in [0.29, 0.717) is 0 Å². The third-order valence-corrected chi connectivity index (χ3v) is 0.511. The SMILES string of the molecule is O=C1[C]N=NC=C1. The van der Waals surface area contributed by atoms with E-state index in [-0.39, 0.29) is 5.78 Å². The van der Waals surface area contributed by atoms with Crippen molar-refractivity contribution in [1.82, 2.24) is 0 Å². The van der Waals surface area contributed by atoms with E-state index in [1.165, 1.54) is 12.3 Å². The summed E-state index contributed by atoms with van der Waals surface area (Å²) < 4.78 is 0. The van der Waals surface area contributed by atoms with Gasteiger partial charge in [0, 0.05) is 6.08 Å². The minimum atomic E-state index is -0.227. The van der Waals surface area contributed by atoms with Crippen molar-refractivity contribution >= 4 is 5.78 Å². The molecule has 1 aliphatic heterocycles. The van der Waals surface area contributed by atoms with E-state index in [4.69, 9.17) is 0 Å². The zero-order valence-electron chi connectivity index (χ0n) is 3.46. The van der Waals surface area contributed by atoms with Crippen LogP contribution in [0.15, 0.2) is 22.5 Å². The third kappa shape index (κ3) is 0.924. The van der Waals surface area contributed by atoms with Crippen molar-refractivity contribution in [3.8, 4) is 0 Å². The van der Waals surface area contributed by atoms with Crippen LogP contribution in [0.25, 0.3) is 0 Å². The second kappa shape index (κ2) is 1.64. The maximum absolute atomic E-state index is 10.1. The second-order valence-corrected chi connectivity index (χ2v) is 1.01. The molecule has 0 spiro atoms. The van der Waals surface area contributed by atoms with E-state index >= 15 is 0 Å². The van der Waals surface area contributed by atoms with Crippen LogP contribution in [0.4, 0.5) is 0 Å². The second-order valence-electron chi connectivity index (χ2n) is 1.01. The number of rotatable bonds is 0. The molecule has 0 fully saturated rings. The number of ketones is 1. The fraction of sp³-hybridized carbons (Fsp3) is 0. The van der Waals surface area contributed by atoms with Gasteiger partial charge < -0.3 is 0 Å². The van der Waals surface area contributed by atoms with Gasteiger partial charge in [-0.2, -0.15) is 10.2 Å². The zero-order chi connectivity index (χ0) is 5.11. The summed E-state index contributed by atoms with van der Waals surface area (Å²) in [4.78, 5) is 10.1. The molecule has 0 saturated heterocycles. The highest BCUT2D eigenvalue weighted by molar-refractivity contribution is 5.96.